The second kappa shape index (κ2) is 20.6. The lowest BCUT2D eigenvalue weighted by atomic mass is 9.87. The van der Waals surface area contributed by atoms with Crippen LogP contribution in [-0.2, 0) is 34.5 Å². The second-order valence-corrected chi connectivity index (χ2v) is 27.0. The van der Waals surface area contributed by atoms with Crippen molar-refractivity contribution in [2.24, 2.45) is 5.92 Å². The summed E-state index contributed by atoms with van der Waals surface area (Å²) >= 11 is 1.75. The molecular formula is C47H68O6SSi2. The fourth-order valence-corrected chi connectivity index (χ4v) is 17.4. The number of carbonyl (C=O) groups is 1. The topological polar surface area (TPSA) is 63.2 Å². The Kier molecular flexibility index (Phi) is 16.4. The fraction of sp³-hybridized carbons (Fsp3) is 0.553. The van der Waals surface area contributed by atoms with E-state index in [0.717, 1.165) is 36.5 Å². The van der Waals surface area contributed by atoms with Crippen LogP contribution in [0.25, 0.3) is 0 Å². The quantitative estimate of drug-likeness (QED) is 0.0784. The van der Waals surface area contributed by atoms with Crippen molar-refractivity contribution < 1.29 is 27.9 Å². The second-order valence-electron chi connectivity index (χ2n) is 16.9. The SMILES string of the molecule is CC[Si](CC)(CC)O[C@H](C/C=C\C(=O)CC[C@]1(SC)O[C@@H]2C[C@@H](CO[Si](c3ccccc3)(c3ccccc3)C(C)(C)C)O[C@@H]2C[C@H]1C)COCc1ccccc1. The van der Waals surface area contributed by atoms with E-state index in [0.29, 0.717) is 39.1 Å². The molecule has 6 atom stereocenters. The Bertz CT molecular complexity index is 1600. The highest BCUT2D eigenvalue weighted by Gasteiger charge is 2.53. The van der Waals surface area contributed by atoms with Crippen LogP contribution in [0.3, 0.4) is 0 Å². The monoisotopic (exact) mass is 816 g/mol. The first kappa shape index (κ1) is 44.8. The van der Waals surface area contributed by atoms with Gasteiger partial charge in [-0.25, -0.2) is 0 Å². The van der Waals surface area contributed by atoms with Crippen molar-refractivity contribution in [3.8, 4) is 0 Å². The van der Waals surface area contributed by atoms with Crippen molar-refractivity contribution in [3.63, 3.8) is 0 Å². The van der Waals surface area contributed by atoms with E-state index in [4.69, 9.17) is 23.1 Å². The summed E-state index contributed by atoms with van der Waals surface area (Å²) in [6, 6.07) is 35.1. The van der Waals surface area contributed by atoms with Gasteiger partial charge in [0.1, 0.15) is 4.93 Å². The zero-order chi connectivity index (χ0) is 40.2. The highest BCUT2D eigenvalue weighted by Crippen LogP contribution is 2.48. The molecule has 5 rings (SSSR count). The van der Waals surface area contributed by atoms with Gasteiger partial charge in [0.05, 0.1) is 44.2 Å². The zero-order valence-corrected chi connectivity index (χ0v) is 38.2. The number of fused-ring (bicyclic) bond motifs is 1. The molecule has 3 aromatic rings. The Morgan fingerprint density at radius 2 is 1.48 bits per heavy atom. The summed E-state index contributed by atoms with van der Waals surface area (Å²) in [4.78, 5) is 13.0. The first-order valence-electron chi connectivity index (χ1n) is 21.0. The van der Waals surface area contributed by atoms with E-state index in [2.05, 4.69) is 128 Å². The minimum atomic E-state index is -2.68. The molecule has 0 N–H and O–H groups in total. The number of rotatable bonds is 21. The van der Waals surface area contributed by atoms with Crippen molar-refractivity contribution in [3.05, 3.63) is 109 Å². The normalized spacial score (nSPS) is 23.6. The maximum atomic E-state index is 13.4. The predicted octanol–water partition coefficient (Wildman–Crippen LogP) is 10.1. The third-order valence-electron chi connectivity index (χ3n) is 12.4. The average molecular weight is 817 g/mol. The van der Waals surface area contributed by atoms with Crippen LogP contribution in [0, 0.1) is 5.92 Å². The summed E-state index contributed by atoms with van der Waals surface area (Å²) < 4.78 is 34.0. The third-order valence-corrected chi connectivity index (χ3v) is 23.5. The molecule has 3 aromatic carbocycles. The van der Waals surface area contributed by atoms with Gasteiger partial charge in [-0.15, -0.1) is 11.8 Å². The lowest BCUT2D eigenvalue weighted by Crippen LogP contribution is -2.67. The Balaban J connectivity index is 1.19. The van der Waals surface area contributed by atoms with Gasteiger partial charge in [-0.05, 0) is 76.6 Å². The summed E-state index contributed by atoms with van der Waals surface area (Å²) in [6.45, 7) is 17.5. The molecule has 2 fully saturated rings. The number of thioether (sulfide) groups is 1. The molecule has 306 valence electrons. The van der Waals surface area contributed by atoms with Crippen LogP contribution in [0.1, 0.15) is 86.1 Å². The summed E-state index contributed by atoms with van der Waals surface area (Å²) in [5.74, 6) is 0.367. The smallest absolute Gasteiger partial charge is 0.261 e. The van der Waals surface area contributed by atoms with E-state index >= 15 is 0 Å². The van der Waals surface area contributed by atoms with E-state index in [1.807, 2.05) is 24.3 Å². The number of ether oxygens (including phenoxy) is 3. The predicted molar refractivity (Wildman–Crippen MR) is 238 cm³/mol. The van der Waals surface area contributed by atoms with Gasteiger partial charge < -0.3 is 23.1 Å². The average Bonchev–Trinajstić information content (AvgIpc) is 3.60. The number of hydrogen-bond acceptors (Lipinski definition) is 7. The van der Waals surface area contributed by atoms with Gasteiger partial charge in [-0.1, -0.05) is 146 Å². The Morgan fingerprint density at radius 3 is 2.04 bits per heavy atom. The lowest BCUT2D eigenvalue weighted by molar-refractivity contribution is -0.146. The number of allylic oxidation sites excluding steroid dienone is 1. The van der Waals surface area contributed by atoms with Gasteiger partial charge in [0.25, 0.3) is 8.32 Å². The van der Waals surface area contributed by atoms with E-state index in [1.54, 1.807) is 17.8 Å². The highest BCUT2D eigenvalue weighted by molar-refractivity contribution is 7.99. The molecule has 0 amide bonds. The van der Waals surface area contributed by atoms with E-state index in [1.165, 1.54) is 10.4 Å². The van der Waals surface area contributed by atoms with Crippen LogP contribution >= 0.6 is 11.8 Å². The van der Waals surface area contributed by atoms with E-state index < -0.39 is 21.6 Å². The van der Waals surface area contributed by atoms with E-state index in [9.17, 15) is 4.79 Å². The lowest BCUT2D eigenvalue weighted by Gasteiger charge is -2.46. The van der Waals surface area contributed by atoms with Gasteiger partial charge in [-0.2, -0.15) is 0 Å². The van der Waals surface area contributed by atoms with Gasteiger partial charge in [0.15, 0.2) is 14.1 Å². The van der Waals surface area contributed by atoms with Gasteiger partial charge in [0.2, 0.25) is 0 Å². The van der Waals surface area contributed by atoms with Crippen LogP contribution in [0.5, 0.6) is 0 Å². The molecule has 2 aliphatic heterocycles. The molecule has 9 heteroatoms. The van der Waals surface area contributed by atoms with Crippen molar-refractivity contribution >= 4 is 44.6 Å². The molecule has 0 saturated carbocycles. The van der Waals surface area contributed by atoms with Crippen LogP contribution in [-0.4, -0.2) is 71.2 Å². The molecule has 2 saturated heterocycles. The summed E-state index contributed by atoms with van der Waals surface area (Å²) in [6.07, 6.45) is 9.25. The molecule has 2 aliphatic rings. The highest BCUT2D eigenvalue weighted by atomic mass is 32.2. The number of ketones is 1. The minimum absolute atomic E-state index is 0.0222. The zero-order valence-electron chi connectivity index (χ0n) is 35.3. The molecule has 0 bridgehead atoms. The van der Waals surface area contributed by atoms with Crippen molar-refractivity contribution in [2.45, 2.75) is 140 Å². The molecule has 0 spiro atoms. The Morgan fingerprint density at radius 1 is 0.893 bits per heavy atom. The van der Waals surface area contributed by atoms with E-state index in [-0.39, 0.29) is 41.2 Å². The molecule has 6 nitrogen and oxygen atoms in total. The maximum absolute atomic E-state index is 13.4. The summed E-state index contributed by atoms with van der Waals surface area (Å²) in [5.41, 5.74) is 1.15. The first-order valence-corrected chi connectivity index (χ1v) is 26.7. The molecule has 56 heavy (non-hydrogen) atoms. The molecule has 2 heterocycles. The maximum Gasteiger partial charge on any atom is 0.261 e. The van der Waals surface area contributed by atoms with Crippen molar-refractivity contribution in [1.29, 1.82) is 0 Å². The number of carbonyl (C=O) groups excluding carboxylic acids is 1. The summed E-state index contributed by atoms with van der Waals surface area (Å²) in [7, 11) is -4.53. The van der Waals surface area contributed by atoms with Crippen LogP contribution in [0.2, 0.25) is 23.2 Å². The minimum Gasteiger partial charge on any atom is -0.411 e. The van der Waals surface area contributed by atoms with Crippen molar-refractivity contribution in [1.82, 2.24) is 0 Å². The van der Waals surface area contributed by atoms with Gasteiger partial charge >= 0.3 is 0 Å². The standard InChI is InChI=1S/C47H68O6SSi2/c1-9-55(10-2,11-3)53-40(35-49-34-38-22-15-12-16-23-38)25-21-24-39(48)30-31-47(54-8)37(4)32-44-45(52-47)33-41(51-44)36-50-56(46(5,6)7,42-26-17-13-18-27-42)43-28-19-14-20-29-43/h12-24,26-29,37,40-41,44-45H,9-11,25,30-36H2,1-8H3/b24-21-/t37-,40-,41+,44-,45-,47-/m1/s1. The summed E-state index contributed by atoms with van der Waals surface area (Å²) in [5, 5.41) is 2.45. The third kappa shape index (κ3) is 10.8. The molecule has 0 radical (unpaired) electrons. The molecule has 0 aliphatic carbocycles. The molecule has 0 aromatic heterocycles. The first-order chi connectivity index (χ1) is 26.9. The molecule has 0 unspecified atom stereocenters. The van der Waals surface area contributed by atoms with Crippen molar-refractivity contribution in [2.75, 3.05) is 19.5 Å². The number of benzene rings is 3. The van der Waals surface area contributed by atoms with Crippen LogP contribution in [0.15, 0.2) is 103 Å². The fourth-order valence-electron chi connectivity index (χ4n) is 8.89. The van der Waals surface area contributed by atoms with Gasteiger partial charge in [0, 0.05) is 12.8 Å². The van der Waals surface area contributed by atoms with Crippen LogP contribution < -0.4 is 10.4 Å². The largest absolute Gasteiger partial charge is 0.411 e. The Hall–Kier alpha value is -2.35. The molecular weight excluding hydrogens is 749 g/mol. The number of hydrogen-bond donors (Lipinski definition) is 0. The Labute approximate surface area is 344 Å². The van der Waals surface area contributed by atoms with Gasteiger partial charge in [-0.3, -0.25) is 4.79 Å². The van der Waals surface area contributed by atoms with Crippen LogP contribution in [0.4, 0.5) is 0 Å².